The van der Waals surface area contributed by atoms with Crippen LogP contribution >= 0.6 is 0 Å². The van der Waals surface area contributed by atoms with Gasteiger partial charge in [-0.25, -0.2) is 0 Å². The van der Waals surface area contributed by atoms with Crippen molar-refractivity contribution in [1.29, 1.82) is 0 Å². The third-order valence-corrected chi connectivity index (χ3v) is 2.51. The molecule has 0 amide bonds. The van der Waals surface area contributed by atoms with Crippen molar-refractivity contribution >= 4 is 0 Å². The molecule has 1 unspecified atom stereocenters. The van der Waals surface area contributed by atoms with E-state index in [1.54, 1.807) is 0 Å². The zero-order valence-electron chi connectivity index (χ0n) is 9.61. The Bertz CT molecular complexity index is 175. The number of azide groups is 1. The highest BCUT2D eigenvalue weighted by Crippen LogP contribution is 2.04. The van der Waals surface area contributed by atoms with Crippen molar-refractivity contribution in [1.82, 2.24) is 4.90 Å². The lowest BCUT2D eigenvalue weighted by atomic mass is 10.1. The van der Waals surface area contributed by atoms with Gasteiger partial charge in [-0.15, -0.1) is 0 Å². The fourth-order valence-electron chi connectivity index (χ4n) is 1.36. The summed E-state index contributed by atoms with van der Waals surface area (Å²) in [5.74, 6) is 0.759. The molecule has 0 rings (SSSR count). The fraction of sp³-hybridized carbons (Fsp3) is 1.00. The molecule has 0 heterocycles. The van der Waals surface area contributed by atoms with Crippen LogP contribution in [-0.2, 0) is 0 Å². The molecule has 14 heavy (non-hydrogen) atoms. The van der Waals surface area contributed by atoms with Crippen LogP contribution in [0.1, 0.15) is 33.6 Å². The van der Waals surface area contributed by atoms with Gasteiger partial charge < -0.3 is 4.90 Å². The Balaban J connectivity index is 3.62. The van der Waals surface area contributed by atoms with E-state index in [9.17, 15) is 0 Å². The van der Waals surface area contributed by atoms with E-state index in [-0.39, 0.29) is 0 Å². The fourth-order valence-corrected chi connectivity index (χ4v) is 1.36. The Labute approximate surface area is 86.9 Å². The molecular weight excluding hydrogens is 176 g/mol. The monoisotopic (exact) mass is 198 g/mol. The molecular formula is C10H22N4. The van der Waals surface area contributed by atoms with E-state index in [0.29, 0.717) is 6.54 Å². The smallest absolute Gasteiger partial charge is 0.0270 e. The largest absolute Gasteiger partial charge is 0.303 e. The molecule has 4 nitrogen and oxygen atoms in total. The predicted octanol–water partition coefficient (Wildman–Crippen LogP) is 3.05. The van der Waals surface area contributed by atoms with Crippen molar-refractivity contribution in [2.75, 3.05) is 26.2 Å². The number of hydrogen-bond donors (Lipinski definition) is 0. The third kappa shape index (κ3) is 6.75. The Kier molecular flexibility index (Phi) is 8.39. The van der Waals surface area contributed by atoms with E-state index < -0.39 is 0 Å². The SMILES string of the molecule is CCC(C)CN(CC)CCCN=[N+]=[N-]. The average molecular weight is 198 g/mol. The molecule has 0 saturated heterocycles. The van der Waals surface area contributed by atoms with E-state index in [1.165, 1.54) is 6.42 Å². The van der Waals surface area contributed by atoms with Crippen LogP contribution < -0.4 is 0 Å². The van der Waals surface area contributed by atoms with Crippen LogP contribution in [0.15, 0.2) is 5.11 Å². The van der Waals surface area contributed by atoms with Gasteiger partial charge in [-0.2, -0.15) is 0 Å². The lowest BCUT2D eigenvalue weighted by Gasteiger charge is -2.23. The lowest BCUT2D eigenvalue weighted by Crippen LogP contribution is -2.29. The first kappa shape index (κ1) is 13.3. The molecule has 0 fully saturated rings. The Morgan fingerprint density at radius 2 is 2.14 bits per heavy atom. The summed E-state index contributed by atoms with van der Waals surface area (Å²) < 4.78 is 0. The van der Waals surface area contributed by atoms with Crippen LogP contribution in [0.25, 0.3) is 10.4 Å². The normalized spacial score (nSPS) is 12.6. The maximum atomic E-state index is 8.12. The first-order chi connectivity index (χ1) is 6.74. The van der Waals surface area contributed by atoms with Gasteiger partial charge in [0.1, 0.15) is 0 Å². The molecule has 0 N–H and O–H groups in total. The first-order valence-corrected chi connectivity index (χ1v) is 5.47. The minimum absolute atomic E-state index is 0.619. The van der Waals surface area contributed by atoms with E-state index in [2.05, 4.69) is 35.7 Å². The second kappa shape index (κ2) is 8.85. The molecule has 0 aromatic carbocycles. The summed E-state index contributed by atoms with van der Waals surface area (Å²) in [6, 6.07) is 0. The van der Waals surface area contributed by atoms with Gasteiger partial charge in [0.05, 0.1) is 0 Å². The molecule has 1 atom stereocenters. The Morgan fingerprint density at radius 1 is 1.43 bits per heavy atom. The summed E-state index contributed by atoms with van der Waals surface area (Å²) in [5, 5.41) is 3.53. The minimum atomic E-state index is 0.619. The quantitative estimate of drug-likeness (QED) is 0.256. The van der Waals surface area contributed by atoms with Gasteiger partial charge in [0.25, 0.3) is 0 Å². The summed E-state index contributed by atoms with van der Waals surface area (Å²) in [6.45, 7) is 10.6. The van der Waals surface area contributed by atoms with Gasteiger partial charge in [0.15, 0.2) is 0 Å². The second-order valence-electron chi connectivity index (χ2n) is 3.71. The highest BCUT2D eigenvalue weighted by atomic mass is 15.1. The van der Waals surface area contributed by atoms with Crippen LogP contribution in [0, 0.1) is 5.92 Å². The standard InChI is InChI=1S/C10H22N4/c1-4-10(3)9-14(5-2)8-6-7-12-13-11/h10H,4-9H2,1-3H3. The lowest BCUT2D eigenvalue weighted by molar-refractivity contribution is 0.244. The molecule has 0 spiro atoms. The molecule has 0 aliphatic rings. The zero-order chi connectivity index (χ0) is 10.8. The number of nitrogens with zero attached hydrogens (tertiary/aromatic N) is 4. The maximum absolute atomic E-state index is 8.12. The topological polar surface area (TPSA) is 52.0 Å². The van der Waals surface area contributed by atoms with Gasteiger partial charge in [-0.1, -0.05) is 32.3 Å². The maximum Gasteiger partial charge on any atom is 0.0270 e. The van der Waals surface area contributed by atoms with E-state index >= 15 is 0 Å². The molecule has 0 aliphatic heterocycles. The van der Waals surface area contributed by atoms with Crippen LogP contribution in [0.4, 0.5) is 0 Å². The van der Waals surface area contributed by atoms with Crippen molar-refractivity contribution in [2.24, 2.45) is 11.0 Å². The predicted molar refractivity (Wildman–Crippen MR) is 60.2 cm³/mol. The van der Waals surface area contributed by atoms with Gasteiger partial charge in [-0.3, -0.25) is 0 Å². The third-order valence-electron chi connectivity index (χ3n) is 2.51. The van der Waals surface area contributed by atoms with Gasteiger partial charge >= 0.3 is 0 Å². The van der Waals surface area contributed by atoms with Crippen molar-refractivity contribution in [3.8, 4) is 0 Å². The molecule has 82 valence electrons. The molecule has 0 aliphatic carbocycles. The van der Waals surface area contributed by atoms with Crippen LogP contribution in [0.5, 0.6) is 0 Å². The highest BCUT2D eigenvalue weighted by Gasteiger charge is 2.05. The van der Waals surface area contributed by atoms with Crippen molar-refractivity contribution in [2.45, 2.75) is 33.6 Å². The molecule has 0 radical (unpaired) electrons. The summed E-state index contributed by atoms with van der Waals surface area (Å²) in [7, 11) is 0. The number of hydrogen-bond acceptors (Lipinski definition) is 2. The van der Waals surface area contributed by atoms with Gasteiger partial charge in [-0.05, 0) is 31.0 Å². The molecule has 0 aromatic heterocycles. The van der Waals surface area contributed by atoms with Crippen molar-refractivity contribution < 1.29 is 0 Å². The zero-order valence-corrected chi connectivity index (χ0v) is 9.61. The summed E-state index contributed by atoms with van der Waals surface area (Å²) in [5.41, 5.74) is 8.12. The summed E-state index contributed by atoms with van der Waals surface area (Å²) >= 11 is 0. The van der Waals surface area contributed by atoms with Gasteiger partial charge in [0, 0.05) is 18.0 Å². The Morgan fingerprint density at radius 3 is 2.64 bits per heavy atom. The molecule has 0 saturated carbocycles. The second-order valence-corrected chi connectivity index (χ2v) is 3.71. The molecule has 0 bridgehead atoms. The highest BCUT2D eigenvalue weighted by molar-refractivity contribution is 4.61. The summed E-state index contributed by atoms with van der Waals surface area (Å²) in [6.07, 6.45) is 2.20. The van der Waals surface area contributed by atoms with E-state index in [4.69, 9.17) is 5.53 Å². The van der Waals surface area contributed by atoms with Crippen molar-refractivity contribution in [3.05, 3.63) is 10.4 Å². The van der Waals surface area contributed by atoms with E-state index in [1.807, 2.05) is 0 Å². The average Bonchev–Trinajstić information content (AvgIpc) is 2.22. The molecule has 4 heteroatoms. The Hall–Kier alpha value is -0.730. The van der Waals surface area contributed by atoms with Crippen LogP contribution in [0.2, 0.25) is 0 Å². The van der Waals surface area contributed by atoms with Gasteiger partial charge in [0.2, 0.25) is 0 Å². The number of rotatable bonds is 8. The van der Waals surface area contributed by atoms with Crippen molar-refractivity contribution in [3.63, 3.8) is 0 Å². The first-order valence-electron chi connectivity index (χ1n) is 5.47. The summed E-state index contributed by atoms with van der Waals surface area (Å²) in [4.78, 5) is 5.16. The minimum Gasteiger partial charge on any atom is -0.303 e. The van der Waals surface area contributed by atoms with Crippen LogP contribution in [-0.4, -0.2) is 31.1 Å². The molecule has 0 aromatic rings. The van der Waals surface area contributed by atoms with E-state index in [0.717, 1.165) is 32.0 Å². The van der Waals surface area contributed by atoms with Crippen LogP contribution in [0.3, 0.4) is 0 Å².